The number of aliphatic imine (C=N–C) groups is 1. The number of hydrogen-bond donors (Lipinski definition) is 2. The molecule has 0 aliphatic carbocycles. The summed E-state index contributed by atoms with van der Waals surface area (Å²) in [5, 5.41) is 16.0. The van der Waals surface area contributed by atoms with E-state index >= 15 is 0 Å². The van der Waals surface area contributed by atoms with E-state index in [9.17, 15) is 0 Å². The smallest absolute Gasteiger partial charge is 0.191 e. The number of guanidine groups is 1. The zero-order chi connectivity index (χ0) is 20.8. The normalized spacial score (nSPS) is 20.0. The third-order valence-corrected chi connectivity index (χ3v) is 5.87. The molecule has 1 aliphatic rings. The molecule has 0 bridgehead atoms. The van der Waals surface area contributed by atoms with Gasteiger partial charge in [0.25, 0.3) is 0 Å². The number of nitrogens with zero attached hydrogens (tertiary/aromatic N) is 5. The standard InChI is InChI=1S/C21H32ClN7.HI/c1-5-23-21(25-14-19-27-26-15(2)29(19)4)24-13-17-9-7-11-28(3)20(17)16-8-6-10-18(22)12-16;/h6,8,10,12,17,20H,5,7,9,11,13-14H2,1-4H3,(H2,23,24,25);1H. The van der Waals surface area contributed by atoms with Crippen LogP contribution in [0.1, 0.15) is 43.0 Å². The Kier molecular flexibility index (Phi) is 9.83. The van der Waals surface area contributed by atoms with Crippen LogP contribution in [0.4, 0.5) is 0 Å². The van der Waals surface area contributed by atoms with Gasteiger partial charge in [-0.05, 0) is 63.9 Å². The van der Waals surface area contributed by atoms with Crippen molar-refractivity contribution in [3.05, 3.63) is 46.5 Å². The van der Waals surface area contributed by atoms with Crippen LogP contribution in [0.25, 0.3) is 0 Å². The first kappa shape index (κ1) is 24.9. The van der Waals surface area contributed by atoms with Gasteiger partial charge >= 0.3 is 0 Å². The summed E-state index contributed by atoms with van der Waals surface area (Å²) in [5.74, 6) is 3.04. The van der Waals surface area contributed by atoms with Crippen LogP contribution >= 0.6 is 35.6 Å². The van der Waals surface area contributed by atoms with Crippen molar-refractivity contribution < 1.29 is 0 Å². The highest BCUT2D eigenvalue weighted by atomic mass is 127. The minimum Gasteiger partial charge on any atom is -0.357 e. The van der Waals surface area contributed by atoms with Crippen molar-refractivity contribution in [1.82, 2.24) is 30.3 Å². The van der Waals surface area contributed by atoms with Crippen LogP contribution in [0.3, 0.4) is 0 Å². The number of piperidine rings is 1. The topological polar surface area (TPSA) is 70.4 Å². The molecule has 2 unspecified atom stereocenters. The molecule has 1 aromatic carbocycles. The van der Waals surface area contributed by atoms with E-state index in [0.717, 1.165) is 42.3 Å². The Morgan fingerprint density at radius 2 is 2.07 bits per heavy atom. The number of rotatable bonds is 6. The first-order valence-corrected chi connectivity index (χ1v) is 10.7. The lowest BCUT2D eigenvalue weighted by Crippen LogP contribution is -2.45. The summed E-state index contributed by atoms with van der Waals surface area (Å²) in [5.41, 5.74) is 1.28. The summed E-state index contributed by atoms with van der Waals surface area (Å²) < 4.78 is 1.97. The Hall–Kier alpha value is -1.39. The third kappa shape index (κ3) is 6.31. The van der Waals surface area contributed by atoms with E-state index in [4.69, 9.17) is 16.6 Å². The predicted octanol–water partition coefficient (Wildman–Crippen LogP) is 3.53. The van der Waals surface area contributed by atoms with Crippen LogP contribution in [-0.4, -0.2) is 52.3 Å². The Labute approximate surface area is 201 Å². The lowest BCUT2D eigenvalue weighted by atomic mass is 9.85. The molecule has 166 valence electrons. The Balaban J connectivity index is 0.00000320. The number of aryl methyl sites for hydroxylation is 1. The Bertz CT molecular complexity index is 839. The van der Waals surface area contributed by atoms with E-state index < -0.39 is 0 Å². The van der Waals surface area contributed by atoms with E-state index in [-0.39, 0.29) is 24.0 Å². The molecule has 1 saturated heterocycles. The maximum Gasteiger partial charge on any atom is 0.191 e. The van der Waals surface area contributed by atoms with Crippen LogP contribution in [0, 0.1) is 12.8 Å². The number of likely N-dealkylation sites (tertiary alicyclic amines) is 1. The van der Waals surface area contributed by atoms with Crippen molar-refractivity contribution >= 4 is 41.5 Å². The lowest BCUT2D eigenvalue weighted by molar-refractivity contribution is 0.122. The van der Waals surface area contributed by atoms with Gasteiger partial charge in [-0.2, -0.15) is 0 Å². The molecule has 3 rings (SSSR count). The zero-order valence-corrected chi connectivity index (χ0v) is 21.3. The molecule has 0 amide bonds. The summed E-state index contributed by atoms with van der Waals surface area (Å²) >= 11 is 6.27. The second-order valence-corrected chi connectivity index (χ2v) is 8.12. The number of benzene rings is 1. The summed E-state index contributed by atoms with van der Waals surface area (Å²) in [6.07, 6.45) is 2.38. The number of halogens is 2. The van der Waals surface area contributed by atoms with E-state index in [1.165, 1.54) is 18.4 Å². The van der Waals surface area contributed by atoms with Crippen molar-refractivity contribution in [3.8, 4) is 0 Å². The second-order valence-electron chi connectivity index (χ2n) is 7.68. The molecular weight excluding hydrogens is 513 g/mol. The highest BCUT2D eigenvalue weighted by Crippen LogP contribution is 2.35. The molecule has 2 atom stereocenters. The number of nitrogens with one attached hydrogen (secondary N) is 2. The van der Waals surface area contributed by atoms with Gasteiger partial charge in [0, 0.05) is 31.2 Å². The maximum absolute atomic E-state index is 6.27. The van der Waals surface area contributed by atoms with E-state index in [0.29, 0.717) is 18.5 Å². The molecule has 1 aromatic heterocycles. The fourth-order valence-corrected chi connectivity index (χ4v) is 4.20. The van der Waals surface area contributed by atoms with Crippen molar-refractivity contribution in [2.24, 2.45) is 18.0 Å². The van der Waals surface area contributed by atoms with Crippen LogP contribution in [-0.2, 0) is 13.6 Å². The first-order valence-electron chi connectivity index (χ1n) is 10.3. The van der Waals surface area contributed by atoms with Crippen molar-refractivity contribution in [2.45, 2.75) is 39.3 Å². The van der Waals surface area contributed by atoms with E-state index in [1.807, 2.05) is 30.7 Å². The molecule has 2 N–H and O–H groups in total. The van der Waals surface area contributed by atoms with Gasteiger partial charge in [0.15, 0.2) is 11.8 Å². The molecular formula is C21H33ClIN7. The largest absolute Gasteiger partial charge is 0.357 e. The van der Waals surface area contributed by atoms with Crippen LogP contribution in [0.15, 0.2) is 29.3 Å². The first-order chi connectivity index (χ1) is 14.0. The van der Waals surface area contributed by atoms with Gasteiger partial charge < -0.3 is 15.2 Å². The monoisotopic (exact) mass is 545 g/mol. The Morgan fingerprint density at radius 3 is 2.73 bits per heavy atom. The van der Waals surface area contributed by atoms with Crippen molar-refractivity contribution in [3.63, 3.8) is 0 Å². The maximum atomic E-state index is 6.27. The molecule has 0 spiro atoms. The summed E-state index contributed by atoms with van der Waals surface area (Å²) in [6.45, 7) is 7.28. The molecule has 2 aromatic rings. The molecule has 0 radical (unpaired) electrons. The zero-order valence-electron chi connectivity index (χ0n) is 18.2. The summed E-state index contributed by atoms with van der Waals surface area (Å²) in [6, 6.07) is 8.60. The fraction of sp³-hybridized carbons (Fsp3) is 0.571. The highest BCUT2D eigenvalue weighted by Gasteiger charge is 2.30. The average Bonchev–Trinajstić information content (AvgIpc) is 3.02. The minimum atomic E-state index is 0. The lowest BCUT2D eigenvalue weighted by Gasteiger charge is -2.40. The van der Waals surface area contributed by atoms with Crippen molar-refractivity contribution in [2.75, 3.05) is 26.7 Å². The van der Waals surface area contributed by atoms with Gasteiger partial charge in [0.2, 0.25) is 0 Å². The summed E-state index contributed by atoms with van der Waals surface area (Å²) in [7, 11) is 4.17. The number of hydrogen-bond acceptors (Lipinski definition) is 4. The van der Waals surface area contributed by atoms with Gasteiger partial charge in [-0.3, -0.25) is 4.90 Å². The minimum absolute atomic E-state index is 0. The molecule has 1 aliphatic heterocycles. The summed E-state index contributed by atoms with van der Waals surface area (Å²) in [4.78, 5) is 7.15. The fourth-order valence-electron chi connectivity index (χ4n) is 4.00. The quantitative estimate of drug-likeness (QED) is 0.330. The molecule has 30 heavy (non-hydrogen) atoms. The van der Waals surface area contributed by atoms with Crippen molar-refractivity contribution in [1.29, 1.82) is 0 Å². The Morgan fingerprint density at radius 1 is 1.27 bits per heavy atom. The van der Waals surface area contributed by atoms with E-state index in [1.54, 1.807) is 0 Å². The number of aromatic nitrogens is 3. The third-order valence-electron chi connectivity index (χ3n) is 5.63. The average molecular weight is 546 g/mol. The van der Waals surface area contributed by atoms with Gasteiger partial charge in [-0.25, -0.2) is 4.99 Å². The van der Waals surface area contributed by atoms with E-state index in [2.05, 4.69) is 51.8 Å². The molecule has 2 heterocycles. The van der Waals surface area contributed by atoms with Gasteiger partial charge in [-0.1, -0.05) is 23.7 Å². The van der Waals surface area contributed by atoms with Gasteiger partial charge in [0.1, 0.15) is 12.4 Å². The van der Waals surface area contributed by atoms with Crippen LogP contribution in [0.2, 0.25) is 5.02 Å². The SMILES string of the molecule is CCNC(=NCc1nnc(C)n1C)NCC1CCCN(C)C1c1cccc(Cl)c1.I. The second kappa shape index (κ2) is 11.9. The van der Waals surface area contributed by atoms with Crippen LogP contribution in [0.5, 0.6) is 0 Å². The molecule has 9 heteroatoms. The molecule has 0 saturated carbocycles. The highest BCUT2D eigenvalue weighted by molar-refractivity contribution is 14.0. The van der Waals surface area contributed by atoms with Gasteiger partial charge in [-0.15, -0.1) is 34.2 Å². The van der Waals surface area contributed by atoms with Gasteiger partial charge in [0.05, 0.1) is 0 Å². The molecule has 1 fully saturated rings. The van der Waals surface area contributed by atoms with Crippen LogP contribution < -0.4 is 10.6 Å². The predicted molar refractivity (Wildman–Crippen MR) is 134 cm³/mol. The molecule has 7 nitrogen and oxygen atoms in total.